The molecule has 0 spiro atoms. The highest BCUT2D eigenvalue weighted by Gasteiger charge is 2.53. The average molecular weight is 858 g/mol. The molecular weight excluding hydrogens is 801 g/mol. The molecule has 3 heterocycles. The van der Waals surface area contributed by atoms with E-state index in [1.165, 1.54) is 19.1 Å². The highest BCUT2D eigenvalue weighted by Crippen LogP contribution is 2.39. The lowest BCUT2D eigenvalue weighted by atomic mass is 9.81. The first-order valence-electron chi connectivity index (χ1n) is 22.0. The van der Waals surface area contributed by atoms with E-state index in [1.807, 2.05) is 111 Å². The summed E-state index contributed by atoms with van der Waals surface area (Å²) >= 11 is 0. The maximum absolute atomic E-state index is 15.1. The summed E-state index contributed by atoms with van der Waals surface area (Å²) in [7, 11) is 0. The van der Waals surface area contributed by atoms with Crippen molar-refractivity contribution in [2.45, 2.75) is 101 Å². The Hall–Kier alpha value is -5.98. The van der Waals surface area contributed by atoms with Crippen molar-refractivity contribution in [3.8, 4) is 5.88 Å². The lowest BCUT2D eigenvalue weighted by Gasteiger charge is -2.39. The van der Waals surface area contributed by atoms with Crippen molar-refractivity contribution >= 4 is 17.7 Å². The summed E-state index contributed by atoms with van der Waals surface area (Å²) in [5.41, 5.74) is 1.97. The maximum Gasteiger partial charge on any atom is 0.249 e. The number of halogens is 2. The Kier molecular flexibility index (Phi) is 14.6. The summed E-state index contributed by atoms with van der Waals surface area (Å²) in [6.07, 6.45) is 1.76. The molecule has 3 amide bonds. The zero-order chi connectivity index (χ0) is 44.5. The zero-order valence-corrected chi connectivity index (χ0v) is 36.1. The molecule has 2 aliphatic rings. The van der Waals surface area contributed by atoms with Crippen LogP contribution in [0.25, 0.3) is 0 Å². The number of pyridine rings is 1. The highest BCUT2D eigenvalue weighted by molar-refractivity contribution is 5.96. The molecule has 2 fully saturated rings. The summed E-state index contributed by atoms with van der Waals surface area (Å²) in [6, 6.07) is 35.1. The van der Waals surface area contributed by atoms with Crippen molar-refractivity contribution in [1.82, 2.24) is 25.4 Å². The van der Waals surface area contributed by atoms with Gasteiger partial charge < -0.3 is 25.4 Å². The number of aliphatic hydroxyl groups excluding tert-OH is 1. The van der Waals surface area contributed by atoms with Crippen molar-refractivity contribution in [3.05, 3.63) is 167 Å². The van der Waals surface area contributed by atoms with E-state index >= 15 is 4.79 Å². The number of aromatic nitrogens is 1. The number of aliphatic hydroxyl groups is 1. The molecule has 3 N–H and O–H groups in total. The molecule has 0 bridgehead atoms. The van der Waals surface area contributed by atoms with Crippen LogP contribution in [0.15, 0.2) is 134 Å². The third-order valence-electron chi connectivity index (χ3n) is 12.8. The Morgan fingerprint density at radius 3 is 2.10 bits per heavy atom. The number of rotatable bonds is 18. The predicted octanol–water partition coefficient (Wildman–Crippen LogP) is 7.21. The lowest BCUT2D eigenvalue weighted by molar-refractivity contribution is -0.144. The third kappa shape index (κ3) is 10.6. The fourth-order valence-electron chi connectivity index (χ4n) is 9.58. The Balaban J connectivity index is 1.27. The molecule has 7 atom stereocenters. The molecule has 63 heavy (non-hydrogen) atoms. The molecule has 10 nitrogen and oxygen atoms in total. The van der Waals surface area contributed by atoms with Crippen LogP contribution >= 0.6 is 0 Å². The van der Waals surface area contributed by atoms with Gasteiger partial charge in [0.05, 0.1) is 18.2 Å². The highest BCUT2D eigenvalue weighted by atomic mass is 19.1. The molecule has 330 valence electrons. The van der Waals surface area contributed by atoms with Crippen molar-refractivity contribution in [2.24, 2.45) is 5.92 Å². The van der Waals surface area contributed by atoms with Gasteiger partial charge in [-0.05, 0) is 72.1 Å². The second kappa shape index (κ2) is 20.5. The summed E-state index contributed by atoms with van der Waals surface area (Å²) in [5, 5.41) is 19.0. The van der Waals surface area contributed by atoms with Crippen LogP contribution in [0.1, 0.15) is 74.8 Å². The number of benzene rings is 4. The van der Waals surface area contributed by atoms with Gasteiger partial charge in [-0.2, -0.15) is 0 Å². The van der Waals surface area contributed by atoms with Crippen LogP contribution < -0.4 is 15.4 Å². The van der Waals surface area contributed by atoms with E-state index in [-0.39, 0.29) is 48.7 Å². The monoisotopic (exact) mass is 857 g/mol. The van der Waals surface area contributed by atoms with Gasteiger partial charge in [0, 0.05) is 50.8 Å². The number of carbonyl (C=O) groups is 3. The maximum atomic E-state index is 15.1. The predicted molar refractivity (Wildman–Crippen MR) is 237 cm³/mol. The number of amides is 3. The van der Waals surface area contributed by atoms with Gasteiger partial charge in [-0.15, -0.1) is 0 Å². The second-order valence-electron chi connectivity index (χ2n) is 17.0. The molecule has 0 unspecified atom stereocenters. The van der Waals surface area contributed by atoms with Crippen LogP contribution in [0.2, 0.25) is 0 Å². The number of aryl methyl sites for hydroxylation is 1. The Bertz CT molecular complexity index is 2230. The average Bonchev–Trinajstić information content (AvgIpc) is 3.84. The summed E-state index contributed by atoms with van der Waals surface area (Å²) < 4.78 is 36.2. The van der Waals surface area contributed by atoms with E-state index in [0.717, 1.165) is 22.8 Å². The fraction of sp³-hybridized carbons (Fsp3) is 0.373. The summed E-state index contributed by atoms with van der Waals surface area (Å²) in [6.45, 7) is 5.88. The minimum atomic E-state index is -1.31. The topological polar surface area (TPSA) is 124 Å². The van der Waals surface area contributed by atoms with Gasteiger partial charge in [0.25, 0.3) is 0 Å². The fourth-order valence-corrected chi connectivity index (χ4v) is 9.58. The number of hydrogen-bond donors (Lipinski definition) is 3. The van der Waals surface area contributed by atoms with Crippen LogP contribution in [0, 0.1) is 17.6 Å². The molecule has 2 aliphatic heterocycles. The molecule has 2 saturated heterocycles. The van der Waals surface area contributed by atoms with Crippen LogP contribution in [0.5, 0.6) is 5.88 Å². The first kappa shape index (κ1) is 45.1. The first-order valence-corrected chi connectivity index (χ1v) is 22.0. The van der Waals surface area contributed by atoms with E-state index in [9.17, 15) is 23.5 Å². The standard InChI is InChI=1S/C51H57F2N5O5/c1-4-34(2)51(56-35(3)59)25-27-57(50(51)62)44(24-23-36-16-8-5-9-17-36)49(61)55-43(30-37-28-40(52)31-41(53)29-37)48(60)45-32-42(63-46-22-14-15-26-54-46)33-58(45)47(38-18-10-6-11-19-38)39-20-12-7-13-21-39/h5-22,26,28-29,31,34,42-45,47-48,60H,4,23-25,27,30,32-33H2,1-3H3,(H,55,61)(H,56,59)/t34-,42-,43+,44+,45-,48+,51+/m1/s1. The normalized spacial score (nSPS) is 20.9. The second-order valence-corrected chi connectivity index (χ2v) is 17.0. The molecule has 1 aromatic heterocycles. The van der Waals surface area contributed by atoms with E-state index in [1.54, 1.807) is 23.2 Å². The Labute approximate surface area is 368 Å². The molecule has 5 aromatic rings. The first-order chi connectivity index (χ1) is 30.4. The SMILES string of the molecule is CC[C@@H](C)[C@@]1(NC(C)=O)CCN([C@@H](CCc2ccccc2)C(=O)N[C@@H](Cc2cc(F)cc(F)c2)[C@H](O)[C@H]2C[C@@H](Oc3ccccn3)CN2C(c2ccccc2)c2ccccc2)C1=O. The molecule has 4 aromatic carbocycles. The van der Waals surface area contributed by atoms with Gasteiger partial charge >= 0.3 is 0 Å². The molecular formula is C51H57F2N5O5. The smallest absolute Gasteiger partial charge is 0.249 e. The molecule has 0 saturated carbocycles. The molecule has 0 radical (unpaired) electrons. The number of hydrogen-bond acceptors (Lipinski definition) is 7. The molecule has 12 heteroatoms. The van der Waals surface area contributed by atoms with E-state index < -0.39 is 53.4 Å². The van der Waals surface area contributed by atoms with E-state index in [2.05, 4.69) is 20.5 Å². The summed E-state index contributed by atoms with van der Waals surface area (Å²) in [4.78, 5) is 50.5. The van der Waals surface area contributed by atoms with Gasteiger partial charge in [-0.25, -0.2) is 13.8 Å². The number of ether oxygens (including phenoxy) is 1. The summed E-state index contributed by atoms with van der Waals surface area (Å²) in [5.74, 6) is -2.55. The minimum absolute atomic E-state index is 0.124. The molecule has 7 rings (SSSR count). The van der Waals surface area contributed by atoms with Crippen molar-refractivity contribution in [1.29, 1.82) is 0 Å². The van der Waals surface area contributed by atoms with Crippen LogP contribution in [-0.2, 0) is 27.2 Å². The van der Waals surface area contributed by atoms with E-state index in [4.69, 9.17) is 4.74 Å². The van der Waals surface area contributed by atoms with Crippen molar-refractivity contribution < 1.29 is 33.0 Å². The van der Waals surface area contributed by atoms with E-state index in [0.29, 0.717) is 38.1 Å². The van der Waals surface area contributed by atoms with Crippen molar-refractivity contribution in [3.63, 3.8) is 0 Å². The lowest BCUT2D eigenvalue weighted by Crippen LogP contribution is -2.61. The van der Waals surface area contributed by atoms with Gasteiger partial charge in [-0.1, -0.05) is 117 Å². The van der Waals surface area contributed by atoms with Gasteiger partial charge in [0.1, 0.15) is 29.3 Å². The van der Waals surface area contributed by atoms with Crippen LogP contribution in [0.3, 0.4) is 0 Å². The van der Waals surface area contributed by atoms with Crippen LogP contribution in [0.4, 0.5) is 8.78 Å². The quantitative estimate of drug-likeness (QED) is 0.0852. The van der Waals surface area contributed by atoms with Gasteiger partial charge in [-0.3, -0.25) is 19.3 Å². The van der Waals surface area contributed by atoms with Crippen molar-refractivity contribution in [2.75, 3.05) is 13.1 Å². The number of likely N-dealkylation sites (tertiary alicyclic amines) is 2. The number of nitrogens with zero attached hydrogens (tertiary/aromatic N) is 3. The Morgan fingerprint density at radius 2 is 1.51 bits per heavy atom. The third-order valence-corrected chi connectivity index (χ3v) is 12.8. The minimum Gasteiger partial charge on any atom is -0.473 e. The Morgan fingerprint density at radius 1 is 0.889 bits per heavy atom. The molecule has 0 aliphatic carbocycles. The van der Waals surface area contributed by atoms with Gasteiger partial charge in [0.2, 0.25) is 23.6 Å². The number of carbonyl (C=O) groups excluding carboxylic acids is 3. The number of nitrogens with one attached hydrogen (secondary N) is 2. The van der Waals surface area contributed by atoms with Gasteiger partial charge in [0.15, 0.2) is 0 Å². The largest absolute Gasteiger partial charge is 0.473 e. The van der Waals surface area contributed by atoms with Crippen LogP contribution in [-0.4, -0.2) is 86.6 Å². The zero-order valence-electron chi connectivity index (χ0n) is 36.1.